The van der Waals surface area contributed by atoms with Gasteiger partial charge in [-0.2, -0.15) is 0 Å². The van der Waals surface area contributed by atoms with Gasteiger partial charge in [0.05, 0.1) is 23.8 Å². The Morgan fingerprint density at radius 3 is 2.67 bits per heavy atom. The first-order valence-corrected chi connectivity index (χ1v) is 6.41. The Hall–Kier alpha value is -0.560. The molecule has 0 saturated carbocycles. The highest BCUT2D eigenvalue weighted by molar-refractivity contribution is 9.10. The molecule has 0 radical (unpaired) electrons. The quantitative estimate of drug-likeness (QED) is 0.865. The van der Waals surface area contributed by atoms with Crippen molar-refractivity contribution in [2.75, 3.05) is 13.2 Å². The Bertz CT molecular complexity index is 422. The minimum atomic E-state index is -0.911. The number of benzene rings is 1. The molecule has 2 rings (SSSR count). The van der Waals surface area contributed by atoms with Crippen LogP contribution in [0.15, 0.2) is 16.6 Å². The van der Waals surface area contributed by atoms with Crippen molar-refractivity contribution in [3.63, 3.8) is 0 Å². The van der Waals surface area contributed by atoms with Gasteiger partial charge in [-0.1, -0.05) is 0 Å². The summed E-state index contributed by atoms with van der Waals surface area (Å²) in [5.74, 6) is -1.34. The fourth-order valence-electron chi connectivity index (χ4n) is 1.84. The molecule has 0 spiro atoms. The van der Waals surface area contributed by atoms with Crippen LogP contribution < -0.4 is 0 Å². The average molecular weight is 323 g/mol. The average Bonchev–Trinajstić information content (AvgIpc) is 2.82. The summed E-state index contributed by atoms with van der Waals surface area (Å²) >= 11 is 2.99. The molecule has 1 unspecified atom stereocenters. The molecule has 100 valence electrons. The third-order valence-corrected chi connectivity index (χ3v) is 3.35. The molecule has 1 atom stereocenters. The minimum Gasteiger partial charge on any atom is -0.393 e. The van der Waals surface area contributed by atoms with Crippen LogP contribution in [0.1, 0.15) is 12.0 Å². The van der Waals surface area contributed by atoms with Crippen LogP contribution in [0.5, 0.6) is 0 Å². The summed E-state index contributed by atoms with van der Waals surface area (Å²) in [5, 5.41) is 9.79. The molecule has 3 nitrogen and oxygen atoms in total. The summed E-state index contributed by atoms with van der Waals surface area (Å²) in [6, 6.07) is 2.46. The van der Waals surface area contributed by atoms with Crippen LogP contribution in [-0.4, -0.2) is 30.7 Å². The number of halogens is 3. The topological polar surface area (TPSA) is 38.7 Å². The van der Waals surface area contributed by atoms with Gasteiger partial charge in [0.25, 0.3) is 0 Å². The van der Waals surface area contributed by atoms with Gasteiger partial charge in [-0.05, 0) is 28.1 Å². The van der Waals surface area contributed by atoms with Gasteiger partial charge in [-0.15, -0.1) is 0 Å². The highest BCUT2D eigenvalue weighted by atomic mass is 79.9. The molecule has 1 aromatic carbocycles. The smallest absolute Gasteiger partial charge is 0.160 e. The van der Waals surface area contributed by atoms with Gasteiger partial charge in [0.1, 0.15) is 11.6 Å². The fraction of sp³-hybridized carbons (Fsp3) is 0.500. The molecule has 0 aliphatic carbocycles. The first-order valence-electron chi connectivity index (χ1n) is 5.61. The van der Waals surface area contributed by atoms with Crippen LogP contribution in [-0.2, 0) is 15.9 Å². The van der Waals surface area contributed by atoms with Crippen LogP contribution in [0.25, 0.3) is 0 Å². The SMILES string of the molecule is OC(Cc1c(F)ccc(Br)c1F)CC1OCCO1. The lowest BCUT2D eigenvalue weighted by molar-refractivity contribution is -0.0700. The summed E-state index contributed by atoms with van der Waals surface area (Å²) in [5.41, 5.74) is -0.130. The largest absolute Gasteiger partial charge is 0.393 e. The molecule has 0 bridgehead atoms. The molecule has 6 heteroatoms. The summed E-state index contributed by atoms with van der Waals surface area (Å²) in [6.07, 6.45) is -1.31. The second kappa shape index (κ2) is 6.06. The summed E-state index contributed by atoms with van der Waals surface area (Å²) in [7, 11) is 0. The van der Waals surface area contributed by atoms with Crippen LogP contribution in [0, 0.1) is 11.6 Å². The van der Waals surface area contributed by atoms with Gasteiger partial charge in [0.2, 0.25) is 0 Å². The summed E-state index contributed by atoms with van der Waals surface area (Å²) in [6.45, 7) is 0.966. The van der Waals surface area contributed by atoms with E-state index in [4.69, 9.17) is 9.47 Å². The maximum absolute atomic E-state index is 13.7. The highest BCUT2D eigenvalue weighted by Gasteiger charge is 2.22. The third kappa shape index (κ3) is 3.26. The molecule has 0 amide bonds. The van der Waals surface area contributed by atoms with E-state index in [1.54, 1.807) is 0 Å². The number of hydrogen-bond acceptors (Lipinski definition) is 3. The zero-order valence-corrected chi connectivity index (χ0v) is 11.1. The molecular formula is C12H13BrF2O3. The van der Waals surface area contributed by atoms with E-state index in [1.807, 2.05) is 0 Å². The Kier molecular flexibility index (Phi) is 4.66. The van der Waals surface area contributed by atoms with Crippen molar-refractivity contribution in [2.45, 2.75) is 25.2 Å². The molecule has 1 aliphatic heterocycles. The fourth-order valence-corrected chi connectivity index (χ4v) is 2.21. The Morgan fingerprint density at radius 2 is 2.00 bits per heavy atom. The van der Waals surface area contributed by atoms with E-state index in [0.29, 0.717) is 13.2 Å². The summed E-state index contributed by atoms with van der Waals surface area (Å²) < 4.78 is 37.7. The van der Waals surface area contributed by atoms with Crippen molar-refractivity contribution >= 4 is 15.9 Å². The van der Waals surface area contributed by atoms with Crippen molar-refractivity contribution in [3.05, 3.63) is 33.8 Å². The predicted octanol–water partition coefficient (Wildman–Crippen LogP) is 2.39. The van der Waals surface area contributed by atoms with Gasteiger partial charge < -0.3 is 14.6 Å². The van der Waals surface area contributed by atoms with Gasteiger partial charge in [0.15, 0.2) is 6.29 Å². The Morgan fingerprint density at radius 1 is 1.33 bits per heavy atom. The highest BCUT2D eigenvalue weighted by Crippen LogP contribution is 2.24. The monoisotopic (exact) mass is 322 g/mol. The molecule has 1 aromatic rings. The van der Waals surface area contributed by atoms with Crippen molar-refractivity contribution in [1.82, 2.24) is 0 Å². The molecule has 0 aromatic heterocycles. The van der Waals surface area contributed by atoms with Crippen molar-refractivity contribution in [1.29, 1.82) is 0 Å². The Labute approximate surface area is 112 Å². The van der Waals surface area contributed by atoms with E-state index < -0.39 is 24.0 Å². The van der Waals surface area contributed by atoms with Gasteiger partial charge in [-0.25, -0.2) is 8.78 Å². The number of rotatable bonds is 4. The zero-order chi connectivity index (χ0) is 13.1. The number of hydrogen-bond donors (Lipinski definition) is 1. The van der Waals surface area contributed by atoms with Crippen LogP contribution in [0.2, 0.25) is 0 Å². The van der Waals surface area contributed by atoms with E-state index >= 15 is 0 Å². The minimum absolute atomic E-state index is 0.111. The molecule has 1 saturated heterocycles. The maximum Gasteiger partial charge on any atom is 0.160 e. The molecule has 1 aliphatic rings. The van der Waals surface area contributed by atoms with E-state index in [9.17, 15) is 13.9 Å². The molecule has 18 heavy (non-hydrogen) atoms. The molecular weight excluding hydrogens is 310 g/mol. The maximum atomic E-state index is 13.7. The van der Waals surface area contributed by atoms with Crippen LogP contribution >= 0.6 is 15.9 Å². The third-order valence-electron chi connectivity index (χ3n) is 2.73. The number of ether oxygens (including phenoxy) is 2. The second-order valence-electron chi connectivity index (χ2n) is 4.09. The van der Waals surface area contributed by atoms with E-state index in [0.717, 1.165) is 6.07 Å². The standard InChI is InChI=1S/C12H13BrF2O3/c13-9-1-2-10(14)8(12(9)15)5-7(16)6-11-17-3-4-18-11/h1-2,7,11,16H,3-6H2. The van der Waals surface area contributed by atoms with Crippen molar-refractivity contribution in [2.24, 2.45) is 0 Å². The molecule has 1 fully saturated rings. The van der Waals surface area contributed by atoms with Gasteiger partial charge in [0, 0.05) is 18.4 Å². The lowest BCUT2D eigenvalue weighted by Gasteiger charge is -2.15. The normalized spacial score (nSPS) is 18.2. The molecule has 1 N–H and O–H groups in total. The number of aliphatic hydroxyl groups is 1. The summed E-state index contributed by atoms with van der Waals surface area (Å²) in [4.78, 5) is 0. The van der Waals surface area contributed by atoms with Crippen LogP contribution in [0.4, 0.5) is 8.78 Å². The first-order chi connectivity index (χ1) is 8.58. The number of aliphatic hydroxyl groups excluding tert-OH is 1. The van der Waals surface area contributed by atoms with Gasteiger partial charge >= 0.3 is 0 Å². The predicted molar refractivity (Wildman–Crippen MR) is 64.1 cm³/mol. The van der Waals surface area contributed by atoms with Crippen LogP contribution in [0.3, 0.4) is 0 Å². The van der Waals surface area contributed by atoms with Crippen molar-refractivity contribution < 1.29 is 23.4 Å². The van der Waals surface area contributed by atoms with E-state index in [1.165, 1.54) is 6.07 Å². The lowest BCUT2D eigenvalue weighted by atomic mass is 10.0. The van der Waals surface area contributed by atoms with Crippen molar-refractivity contribution in [3.8, 4) is 0 Å². The first kappa shape index (κ1) is 13.9. The van der Waals surface area contributed by atoms with E-state index in [-0.39, 0.29) is 22.9 Å². The van der Waals surface area contributed by atoms with E-state index in [2.05, 4.69) is 15.9 Å². The Balaban J connectivity index is 2.01. The second-order valence-corrected chi connectivity index (χ2v) is 4.94. The zero-order valence-electron chi connectivity index (χ0n) is 9.54. The molecule has 1 heterocycles. The van der Waals surface area contributed by atoms with Gasteiger partial charge in [-0.3, -0.25) is 0 Å². The lowest BCUT2D eigenvalue weighted by Crippen LogP contribution is -2.21.